The number of benzene rings is 2. The molecule has 1 atom stereocenters. The van der Waals surface area contributed by atoms with Gasteiger partial charge >= 0.3 is 0 Å². The molecule has 1 heterocycles. The molecule has 1 fully saturated rings. The normalized spacial score (nSPS) is 18.3. The number of nitrogens with zero attached hydrogens (tertiary/aromatic N) is 1. The first-order valence-electron chi connectivity index (χ1n) is 8.29. The molecule has 0 unspecified atom stereocenters. The molecular formula is C18H17Cl3N2O3S. The van der Waals surface area contributed by atoms with Crippen molar-refractivity contribution in [3.63, 3.8) is 0 Å². The molecule has 0 aromatic heterocycles. The van der Waals surface area contributed by atoms with Gasteiger partial charge in [-0.2, -0.15) is 4.31 Å². The third-order valence-corrected chi connectivity index (χ3v) is 7.07. The van der Waals surface area contributed by atoms with Gasteiger partial charge in [0.1, 0.15) is 0 Å². The maximum Gasteiger partial charge on any atom is 0.243 e. The number of piperidine rings is 1. The number of sulfonamides is 1. The van der Waals surface area contributed by atoms with Crippen LogP contribution in [-0.4, -0.2) is 31.7 Å². The Morgan fingerprint density at radius 3 is 2.37 bits per heavy atom. The molecule has 1 aliphatic heterocycles. The van der Waals surface area contributed by atoms with E-state index in [-0.39, 0.29) is 17.3 Å². The smallest absolute Gasteiger partial charge is 0.243 e. The second-order valence-corrected chi connectivity index (χ2v) is 9.49. The first-order valence-corrected chi connectivity index (χ1v) is 10.9. The Hall–Kier alpha value is -1.31. The highest BCUT2D eigenvalue weighted by atomic mass is 35.5. The lowest BCUT2D eigenvalue weighted by Gasteiger charge is -2.31. The molecule has 1 N–H and O–H groups in total. The molecule has 5 nitrogen and oxygen atoms in total. The lowest BCUT2D eigenvalue weighted by Crippen LogP contribution is -2.43. The van der Waals surface area contributed by atoms with Crippen molar-refractivity contribution >= 4 is 56.4 Å². The summed E-state index contributed by atoms with van der Waals surface area (Å²) in [7, 11) is -3.68. The molecule has 0 aliphatic carbocycles. The molecule has 144 valence electrons. The van der Waals surface area contributed by atoms with E-state index < -0.39 is 15.9 Å². The Bertz CT molecular complexity index is 949. The molecule has 1 amide bonds. The van der Waals surface area contributed by atoms with Gasteiger partial charge in [-0.1, -0.05) is 34.8 Å². The van der Waals surface area contributed by atoms with E-state index in [2.05, 4.69) is 5.32 Å². The second-order valence-electron chi connectivity index (χ2n) is 6.27. The summed E-state index contributed by atoms with van der Waals surface area (Å²) in [5.41, 5.74) is 0.448. The Kier molecular flexibility index (Phi) is 6.33. The van der Waals surface area contributed by atoms with Crippen molar-refractivity contribution in [3.05, 3.63) is 57.5 Å². The van der Waals surface area contributed by atoms with Gasteiger partial charge in [-0.15, -0.1) is 0 Å². The Morgan fingerprint density at radius 1 is 1.04 bits per heavy atom. The number of halogens is 3. The number of anilines is 1. The van der Waals surface area contributed by atoms with Crippen LogP contribution in [0.4, 0.5) is 5.69 Å². The number of amides is 1. The maximum atomic E-state index is 12.8. The first-order chi connectivity index (χ1) is 12.8. The monoisotopic (exact) mass is 446 g/mol. The predicted molar refractivity (Wildman–Crippen MR) is 108 cm³/mol. The number of carbonyl (C=O) groups is 1. The van der Waals surface area contributed by atoms with Crippen LogP contribution in [0.15, 0.2) is 47.4 Å². The van der Waals surface area contributed by atoms with Gasteiger partial charge in [0, 0.05) is 23.1 Å². The molecule has 3 rings (SSSR count). The fourth-order valence-corrected chi connectivity index (χ4v) is 5.06. The van der Waals surface area contributed by atoms with Gasteiger partial charge in [0.05, 0.1) is 21.5 Å². The molecule has 0 saturated carbocycles. The van der Waals surface area contributed by atoms with Crippen LogP contribution in [0.1, 0.15) is 12.8 Å². The van der Waals surface area contributed by atoms with Gasteiger partial charge < -0.3 is 5.32 Å². The third-order valence-electron chi connectivity index (χ3n) is 4.40. The summed E-state index contributed by atoms with van der Waals surface area (Å²) in [5, 5.41) is 4.02. The summed E-state index contributed by atoms with van der Waals surface area (Å²) in [6, 6.07) is 10.8. The minimum Gasteiger partial charge on any atom is -0.324 e. The SMILES string of the molecule is O=C(Nc1ccc(Cl)cc1Cl)[C@@H]1CCCN(S(=O)(=O)c2ccc(Cl)cc2)C1. The molecular weight excluding hydrogens is 431 g/mol. The molecule has 0 radical (unpaired) electrons. The fourth-order valence-electron chi connectivity index (χ4n) is 2.96. The van der Waals surface area contributed by atoms with Crippen molar-refractivity contribution < 1.29 is 13.2 Å². The quantitative estimate of drug-likeness (QED) is 0.739. The summed E-state index contributed by atoms with van der Waals surface area (Å²) in [4.78, 5) is 12.8. The van der Waals surface area contributed by atoms with Crippen molar-refractivity contribution in [2.45, 2.75) is 17.7 Å². The van der Waals surface area contributed by atoms with Gasteiger partial charge in [-0.25, -0.2) is 8.42 Å². The number of carbonyl (C=O) groups excluding carboxylic acids is 1. The van der Waals surface area contributed by atoms with Crippen LogP contribution >= 0.6 is 34.8 Å². The average Bonchev–Trinajstić information content (AvgIpc) is 2.64. The van der Waals surface area contributed by atoms with Gasteiger partial charge in [0.2, 0.25) is 15.9 Å². The van der Waals surface area contributed by atoms with E-state index in [1.54, 1.807) is 12.1 Å². The summed E-state index contributed by atoms with van der Waals surface area (Å²) >= 11 is 17.8. The lowest BCUT2D eigenvalue weighted by atomic mass is 9.99. The van der Waals surface area contributed by atoms with Crippen LogP contribution in [0.5, 0.6) is 0 Å². The van der Waals surface area contributed by atoms with Gasteiger partial charge in [0.25, 0.3) is 0 Å². The van der Waals surface area contributed by atoms with E-state index in [9.17, 15) is 13.2 Å². The summed E-state index contributed by atoms with van der Waals surface area (Å²) in [6.07, 6.45) is 1.20. The molecule has 0 spiro atoms. The van der Waals surface area contributed by atoms with E-state index in [0.29, 0.717) is 40.1 Å². The lowest BCUT2D eigenvalue weighted by molar-refractivity contribution is -0.120. The number of hydrogen-bond donors (Lipinski definition) is 1. The topological polar surface area (TPSA) is 66.5 Å². The average molecular weight is 448 g/mol. The fraction of sp³-hybridized carbons (Fsp3) is 0.278. The summed E-state index contributed by atoms with van der Waals surface area (Å²) in [5.74, 6) is -0.734. The molecule has 2 aromatic rings. The number of hydrogen-bond acceptors (Lipinski definition) is 3. The third kappa shape index (κ3) is 4.76. The number of rotatable bonds is 4. The van der Waals surface area contributed by atoms with E-state index in [1.165, 1.54) is 34.6 Å². The van der Waals surface area contributed by atoms with Gasteiger partial charge in [-0.3, -0.25) is 4.79 Å². The zero-order valence-electron chi connectivity index (χ0n) is 14.2. The second kappa shape index (κ2) is 8.37. The maximum absolute atomic E-state index is 12.8. The summed E-state index contributed by atoms with van der Waals surface area (Å²) < 4.78 is 27.0. The highest BCUT2D eigenvalue weighted by molar-refractivity contribution is 7.89. The molecule has 1 aliphatic rings. The molecule has 9 heteroatoms. The van der Waals surface area contributed by atoms with E-state index in [0.717, 1.165) is 0 Å². The van der Waals surface area contributed by atoms with Crippen molar-refractivity contribution in [1.29, 1.82) is 0 Å². The van der Waals surface area contributed by atoms with Crippen molar-refractivity contribution in [1.82, 2.24) is 4.31 Å². The highest BCUT2D eigenvalue weighted by Crippen LogP contribution is 2.28. The minimum absolute atomic E-state index is 0.113. The van der Waals surface area contributed by atoms with Crippen molar-refractivity contribution in [2.24, 2.45) is 5.92 Å². The first kappa shape index (κ1) is 20.4. The van der Waals surface area contributed by atoms with E-state index in [1.807, 2.05) is 0 Å². The molecule has 0 bridgehead atoms. The Labute approximate surface area is 173 Å². The Morgan fingerprint density at radius 2 is 1.70 bits per heavy atom. The largest absolute Gasteiger partial charge is 0.324 e. The number of nitrogens with one attached hydrogen (secondary N) is 1. The van der Waals surface area contributed by atoms with Gasteiger partial charge in [0.15, 0.2) is 0 Å². The molecule has 27 heavy (non-hydrogen) atoms. The van der Waals surface area contributed by atoms with Crippen molar-refractivity contribution in [2.75, 3.05) is 18.4 Å². The standard InChI is InChI=1S/C18H17Cl3N2O3S/c19-13-3-6-15(7-4-13)27(25,26)23-9-1-2-12(11-23)18(24)22-17-8-5-14(20)10-16(17)21/h3-8,10,12H,1-2,9,11H2,(H,22,24)/t12-/m1/s1. The molecule has 2 aromatic carbocycles. The zero-order valence-corrected chi connectivity index (χ0v) is 17.2. The van der Waals surface area contributed by atoms with Crippen LogP contribution in [0.3, 0.4) is 0 Å². The van der Waals surface area contributed by atoms with E-state index in [4.69, 9.17) is 34.8 Å². The van der Waals surface area contributed by atoms with Crippen molar-refractivity contribution in [3.8, 4) is 0 Å². The van der Waals surface area contributed by atoms with E-state index >= 15 is 0 Å². The highest BCUT2D eigenvalue weighted by Gasteiger charge is 2.33. The van der Waals surface area contributed by atoms with Crippen LogP contribution in [0, 0.1) is 5.92 Å². The molecule has 1 saturated heterocycles. The minimum atomic E-state index is -3.68. The van der Waals surface area contributed by atoms with Crippen LogP contribution in [-0.2, 0) is 14.8 Å². The summed E-state index contributed by atoms with van der Waals surface area (Å²) in [6.45, 7) is 0.485. The zero-order chi connectivity index (χ0) is 19.6. The van der Waals surface area contributed by atoms with Crippen LogP contribution < -0.4 is 5.32 Å². The van der Waals surface area contributed by atoms with Crippen LogP contribution in [0.25, 0.3) is 0 Å². The predicted octanol–water partition coefficient (Wildman–Crippen LogP) is 4.69. The van der Waals surface area contributed by atoms with Gasteiger partial charge in [-0.05, 0) is 55.3 Å². The van der Waals surface area contributed by atoms with Crippen LogP contribution in [0.2, 0.25) is 15.1 Å². The Balaban J connectivity index is 1.73.